The van der Waals surface area contributed by atoms with Crippen LogP contribution in [0.5, 0.6) is 5.75 Å². The summed E-state index contributed by atoms with van der Waals surface area (Å²) < 4.78 is 5.20. The summed E-state index contributed by atoms with van der Waals surface area (Å²) in [7, 11) is 1.63. The third kappa shape index (κ3) is 2.72. The number of pyridine rings is 1. The van der Waals surface area contributed by atoms with Gasteiger partial charge in [0.1, 0.15) is 23.2 Å². The summed E-state index contributed by atoms with van der Waals surface area (Å²) in [4.78, 5) is 6.70. The molecule has 4 nitrogen and oxygen atoms in total. The van der Waals surface area contributed by atoms with Crippen LogP contribution in [0.4, 0.5) is 5.82 Å². The zero-order chi connectivity index (χ0) is 17.3. The van der Waals surface area contributed by atoms with E-state index >= 15 is 0 Å². The van der Waals surface area contributed by atoms with E-state index in [1.165, 1.54) is 4.88 Å². The topological polar surface area (TPSA) is 71.9 Å². The number of nitrogen functional groups attached to an aromatic ring is 1. The molecule has 120 valence electrons. The predicted octanol–water partition coefficient (Wildman–Crippen LogP) is 4.56. The Balaban J connectivity index is 2.25. The van der Waals surface area contributed by atoms with Gasteiger partial charge in [0.2, 0.25) is 0 Å². The molecule has 24 heavy (non-hydrogen) atoms. The van der Waals surface area contributed by atoms with Gasteiger partial charge in [-0.05, 0) is 55.8 Å². The van der Waals surface area contributed by atoms with E-state index in [0.29, 0.717) is 5.56 Å². The van der Waals surface area contributed by atoms with E-state index in [4.69, 9.17) is 10.5 Å². The van der Waals surface area contributed by atoms with Crippen LogP contribution in [-0.4, -0.2) is 12.1 Å². The summed E-state index contributed by atoms with van der Waals surface area (Å²) in [6, 6.07) is 14.0. The third-order valence-corrected chi connectivity index (χ3v) is 4.95. The van der Waals surface area contributed by atoms with Gasteiger partial charge in [0.05, 0.1) is 12.8 Å². The second-order valence-electron chi connectivity index (χ2n) is 5.47. The van der Waals surface area contributed by atoms with Crippen LogP contribution in [0.3, 0.4) is 0 Å². The maximum absolute atomic E-state index is 9.54. The number of hydrogen-bond acceptors (Lipinski definition) is 5. The Hall–Kier alpha value is -2.84. The molecule has 2 aromatic heterocycles. The van der Waals surface area contributed by atoms with E-state index in [0.717, 1.165) is 33.0 Å². The zero-order valence-corrected chi connectivity index (χ0v) is 14.6. The first-order valence-electron chi connectivity index (χ1n) is 7.46. The highest BCUT2D eigenvalue weighted by atomic mass is 32.1. The van der Waals surface area contributed by atoms with Crippen LogP contribution in [0.25, 0.3) is 21.7 Å². The fourth-order valence-corrected chi connectivity index (χ4v) is 3.69. The summed E-state index contributed by atoms with van der Waals surface area (Å²) in [5.74, 6) is 1.04. The molecule has 0 fully saturated rings. The maximum Gasteiger partial charge on any atom is 0.142 e. The van der Waals surface area contributed by atoms with Crippen molar-refractivity contribution in [2.45, 2.75) is 13.8 Å². The smallest absolute Gasteiger partial charge is 0.142 e. The Labute approximate surface area is 145 Å². The average molecular weight is 335 g/mol. The van der Waals surface area contributed by atoms with Crippen molar-refractivity contribution in [2.24, 2.45) is 0 Å². The number of nitrogens with two attached hydrogens (primary N) is 1. The van der Waals surface area contributed by atoms with Crippen molar-refractivity contribution in [3.63, 3.8) is 0 Å². The van der Waals surface area contributed by atoms with Crippen LogP contribution in [0.1, 0.15) is 16.0 Å². The van der Waals surface area contributed by atoms with Gasteiger partial charge in [-0.25, -0.2) is 4.98 Å². The van der Waals surface area contributed by atoms with Gasteiger partial charge < -0.3 is 10.5 Å². The van der Waals surface area contributed by atoms with Gasteiger partial charge in [-0.2, -0.15) is 5.26 Å². The third-order valence-electron chi connectivity index (χ3n) is 3.93. The molecule has 0 aliphatic heterocycles. The molecule has 3 rings (SSSR count). The number of methoxy groups -OCH3 is 1. The number of rotatable bonds is 3. The summed E-state index contributed by atoms with van der Waals surface area (Å²) in [6.45, 7) is 4.03. The quantitative estimate of drug-likeness (QED) is 0.762. The van der Waals surface area contributed by atoms with E-state index in [9.17, 15) is 5.26 Å². The van der Waals surface area contributed by atoms with Gasteiger partial charge >= 0.3 is 0 Å². The molecular weight excluding hydrogens is 318 g/mol. The Morgan fingerprint density at radius 2 is 1.83 bits per heavy atom. The average Bonchev–Trinajstić information content (AvgIpc) is 3.02. The molecule has 1 aromatic carbocycles. The first-order chi connectivity index (χ1) is 11.5. The van der Waals surface area contributed by atoms with Crippen molar-refractivity contribution >= 4 is 17.2 Å². The number of nitriles is 1. The lowest BCUT2D eigenvalue weighted by atomic mass is 9.97. The highest BCUT2D eigenvalue weighted by molar-refractivity contribution is 7.15. The largest absolute Gasteiger partial charge is 0.497 e. The van der Waals surface area contributed by atoms with Crippen LogP contribution >= 0.6 is 11.3 Å². The Morgan fingerprint density at radius 1 is 1.12 bits per heavy atom. The van der Waals surface area contributed by atoms with Crippen molar-refractivity contribution in [3.05, 3.63) is 52.4 Å². The van der Waals surface area contributed by atoms with Crippen LogP contribution < -0.4 is 10.5 Å². The number of ether oxygens (including phenoxy) is 1. The van der Waals surface area contributed by atoms with Crippen LogP contribution in [0, 0.1) is 25.2 Å². The maximum atomic E-state index is 9.54. The second kappa shape index (κ2) is 6.34. The first-order valence-corrected chi connectivity index (χ1v) is 8.28. The molecule has 0 unspecified atom stereocenters. The van der Waals surface area contributed by atoms with Gasteiger partial charge in [-0.15, -0.1) is 11.3 Å². The van der Waals surface area contributed by atoms with Gasteiger partial charge in [0.15, 0.2) is 0 Å². The minimum Gasteiger partial charge on any atom is -0.497 e. The lowest BCUT2D eigenvalue weighted by Crippen LogP contribution is -2.02. The molecule has 0 amide bonds. The highest BCUT2D eigenvalue weighted by Crippen LogP contribution is 2.38. The number of aromatic nitrogens is 1. The molecular formula is C19H17N3OS. The number of thiophene rings is 1. The van der Waals surface area contributed by atoms with E-state index in [-0.39, 0.29) is 5.82 Å². The number of hydrogen-bond donors (Lipinski definition) is 1. The second-order valence-corrected chi connectivity index (χ2v) is 6.76. The Morgan fingerprint density at radius 3 is 2.38 bits per heavy atom. The normalized spacial score (nSPS) is 10.4. The lowest BCUT2D eigenvalue weighted by molar-refractivity contribution is 0.415. The van der Waals surface area contributed by atoms with Gasteiger partial charge in [0, 0.05) is 20.9 Å². The number of nitrogens with zero attached hydrogens (tertiary/aromatic N) is 2. The molecule has 0 atom stereocenters. The van der Waals surface area contributed by atoms with Crippen LogP contribution in [0.15, 0.2) is 36.4 Å². The molecule has 0 radical (unpaired) electrons. The molecule has 2 N–H and O–H groups in total. The molecule has 0 aliphatic carbocycles. The van der Waals surface area contributed by atoms with Crippen molar-refractivity contribution in [2.75, 3.05) is 12.8 Å². The van der Waals surface area contributed by atoms with Crippen molar-refractivity contribution in [1.82, 2.24) is 4.98 Å². The number of anilines is 1. The van der Waals surface area contributed by atoms with Gasteiger partial charge in [-0.3, -0.25) is 0 Å². The Bertz CT molecular complexity index is 936. The van der Waals surface area contributed by atoms with E-state index in [2.05, 4.69) is 11.1 Å². The minimum absolute atomic E-state index is 0.259. The summed E-state index contributed by atoms with van der Waals surface area (Å²) in [6.07, 6.45) is 0. The van der Waals surface area contributed by atoms with Crippen molar-refractivity contribution in [3.8, 4) is 33.5 Å². The van der Waals surface area contributed by atoms with Crippen molar-refractivity contribution in [1.29, 1.82) is 5.26 Å². The highest BCUT2D eigenvalue weighted by Gasteiger charge is 2.19. The summed E-state index contributed by atoms with van der Waals surface area (Å²) in [5.41, 5.74) is 10.1. The molecule has 2 heterocycles. The van der Waals surface area contributed by atoms with Gasteiger partial charge in [-0.1, -0.05) is 0 Å². The lowest BCUT2D eigenvalue weighted by Gasteiger charge is -2.14. The fourth-order valence-electron chi connectivity index (χ4n) is 2.71. The Kier molecular flexibility index (Phi) is 4.24. The monoisotopic (exact) mass is 335 g/mol. The van der Waals surface area contributed by atoms with Crippen molar-refractivity contribution < 1.29 is 4.74 Å². The van der Waals surface area contributed by atoms with E-state index < -0.39 is 0 Å². The SMILES string of the molecule is COc1ccc(-c2nc(N)c(C#N)c(-c3ccc(C)s3)c2C)cc1. The summed E-state index contributed by atoms with van der Waals surface area (Å²) in [5, 5.41) is 9.54. The summed E-state index contributed by atoms with van der Waals surface area (Å²) >= 11 is 1.65. The molecule has 0 saturated carbocycles. The van der Waals surface area contributed by atoms with E-state index in [1.807, 2.05) is 50.2 Å². The molecule has 0 aliphatic rings. The number of aryl methyl sites for hydroxylation is 1. The first kappa shape index (κ1) is 16.0. The molecule has 5 heteroatoms. The zero-order valence-electron chi connectivity index (χ0n) is 13.8. The molecule has 3 aromatic rings. The van der Waals surface area contributed by atoms with Crippen LogP contribution in [0.2, 0.25) is 0 Å². The van der Waals surface area contributed by atoms with Crippen LogP contribution in [-0.2, 0) is 0 Å². The van der Waals surface area contributed by atoms with E-state index in [1.54, 1.807) is 18.4 Å². The molecule has 0 bridgehead atoms. The van der Waals surface area contributed by atoms with Gasteiger partial charge in [0.25, 0.3) is 0 Å². The molecule has 0 saturated heterocycles. The standard InChI is InChI=1S/C19H17N3OS/c1-11-4-9-16(24-11)17-12(2)18(22-19(21)15(17)10-20)13-5-7-14(23-3)8-6-13/h4-9H,1-3H3,(H2,21,22). The number of benzene rings is 1. The fraction of sp³-hybridized carbons (Fsp3) is 0.158. The minimum atomic E-state index is 0.259. The molecule has 0 spiro atoms. The predicted molar refractivity (Wildman–Crippen MR) is 98.1 cm³/mol.